The van der Waals surface area contributed by atoms with Crippen LogP contribution in [-0.2, 0) is 33.4 Å². The molecular formula is C33H50N2O8. The number of amides is 3. The van der Waals surface area contributed by atoms with Gasteiger partial charge in [0.15, 0.2) is 0 Å². The van der Waals surface area contributed by atoms with E-state index in [9.17, 15) is 19.2 Å². The maximum Gasteiger partial charge on any atom is 0.280 e. The molecular weight excluding hydrogens is 552 g/mol. The van der Waals surface area contributed by atoms with Gasteiger partial charge in [-0.3, -0.25) is 24.0 Å². The van der Waals surface area contributed by atoms with Gasteiger partial charge in [0.05, 0.1) is 19.8 Å². The molecule has 1 aromatic carbocycles. The highest BCUT2D eigenvalue weighted by atomic mass is 16.7. The van der Waals surface area contributed by atoms with E-state index in [-0.39, 0.29) is 13.2 Å². The first-order valence-corrected chi connectivity index (χ1v) is 14.4. The zero-order valence-corrected chi connectivity index (χ0v) is 26.5. The number of benzene rings is 1. The van der Waals surface area contributed by atoms with E-state index in [4.69, 9.17) is 19.0 Å². The van der Waals surface area contributed by atoms with Gasteiger partial charge in [0.1, 0.15) is 6.29 Å². The number of ether oxygens (including phenoxy) is 3. The number of imide groups is 1. The van der Waals surface area contributed by atoms with Gasteiger partial charge < -0.3 is 19.1 Å². The minimum absolute atomic E-state index is 0.102. The van der Waals surface area contributed by atoms with Crippen molar-refractivity contribution in [2.75, 3.05) is 59.8 Å². The summed E-state index contributed by atoms with van der Waals surface area (Å²) in [6.45, 7) is 11.1. The number of carbonyl (C=O) groups is 4. The van der Waals surface area contributed by atoms with Gasteiger partial charge in [-0.15, -0.1) is 12.3 Å². The van der Waals surface area contributed by atoms with Gasteiger partial charge >= 0.3 is 0 Å². The fourth-order valence-electron chi connectivity index (χ4n) is 3.03. The van der Waals surface area contributed by atoms with Crippen LogP contribution >= 0.6 is 0 Å². The number of hydrogen-bond donors (Lipinski definition) is 0. The summed E-state index contributed by atoms with van der Waals surface area (Å²) in [5, 5.41) is 0.719. The van der Waals surface area contributed by atoms with Crippen molar-refractivity contribution in [3.05, 3.63) is 59.2 Å². The molecule has 0 saturated carbocycles. The Labute approximate surface area is 257 Å². The van der Waals surface area contributed by atoms with Crippen molar-refractivity contribution >= 4 is 25.0 Å². The Balaban J connectivity index is 0. The SMILES string of the molecule is C#CC.C/C=C\C=C(/CCC)C(=O)N(C=O)OCCOCCCOCCCOCCN(C)C=O.Cc1ccccc1C=O. The first-order chi connectivity index (χ1) is 20.9. The highest BCUT2D eigenvalue weighted by Gasteiger charge is 2.17. The van der Waals surface area contributed by atoms with Gasteiger partial charge in [-0.1, -0.05) is 55.8 Å². The molecule has 0 N–H and O–H groups in total. The van der Waals surface area contributed by atoms with Crippen molar-refractivity contribution in [2.45, 2.75) is 53.4 Å². The lowest BCUT2D eigenvalue weighted by Gasteiger charge is -2.16. The number of carbonyl (C=O) groups excluding carboxylic acids is 4. The van der Waals surface area contributed by atoms with Gasteiger partial charge in [-0.2, -0.15) is 5.06 Å². The standard InChI is InChI=1S/C22H38N2O7.C8H8O.C3H4/c1-4-6-10-21(9-5-2)22(27)24(20-26)31-18-17-30-15-8-13-28-12-7-14-29-16-11-23(3)19-25;1-7-4-2-3-5-8(7)6-9;1-3-2/h4,6,10,19-20H,5,7-9,11-18H2,1-3H3;2-6H,1H3;1H,2H3/b6-4-,21-10+;;. The molecule has 10 heteroatoms. The normalized spacial score (nSPS) is 10.5. The summed E-state index contributed by atoms with van der Waals surface area (Å²) in [5.74, 6) is 1.79. The van der Waals surface area contributed by atoms with E-state index < -0.39 is 5.91 Å². The van der Waals surface area contributed by atoms with Crippen LogP contribution in [0, 0.1) is 19.3 Å². The molecule has 0 heterocycles. The molecule has 0 atom stereocenters. The number of likely N-dealkylation sites (N-methyl/N-ethyl adjacent to an activating group) is 1. The molecule has 0 aromatic heterocycles. The number of rotatable bonds is 22. The van der Waals surface area contributed by atoms with E-state index in [0.717, 1.165) is 48.1 Å². The zero-order chi connectivity index (χ0) is 32.6. The lowest BCUT2D eigenvalue weighted by Crippen LogP contribution is -2.32. The lowest BCUT2D eigenvalue weighted by molar-refractivity contribution is -0.186. The molecule has 0 aliphatic heterocycles. The second-order valence-electron chi connectivity index (χ2n) is 8.93. The van der Waals surface area contributed by atoms with Crippen molar-refractivity contribution in [3.8, 4) is 12.3 Å². The molecule has 0 aliphatic rings. The average Bonchev–Trinajstić information content (AvgIpc) is 3.01. The second kappa shape index (κ2) is 31.3. The van der Waals surface area contributed by atoms with Crippen molar-refractivity contribution in [1.29, 1.82) is 0 Å². The molecule has 0 aliphatic carbocycles. The fraction of sp³-hybridized carbons (Fsp3) is 0.515. The Morgan fingerprint density at radius 3 is 2.00 bits per heavy atom. The predicted octanol–water partition coefficient (Wildman–Crippen LogP) is 4.57. The minimum atomic E-state index is -0.455. The third-order valence-electron chi connectivity index (χ3n) is 5.28. The molecule has 10 nitrogen and oxygen atoms in total. The molecule has 0 unspecified atom stereocenters. The van der Waals surface area contributed by atoms with Crippen molar-refractivity contribution in [3.63, 3.8) is 0 Å². The van der Waals surface area contributed by atoms with Crippen LogP contribution in [0.1, 0.15) is 62.4 Å². The molecule has 0 fully saturated rings. The largest absolute Gasteiger partial charge is 0.381 e. The Bertz CT molecular complexity index is 972. The van der Waals surface area contributed by atoms with E-state index in [0.29, 0.717) is 58.0 Å². The number of hydrogen-bond acceptors (Lipinski definition) is 8. The smallest absolute Gasteiger partial charge is 0.280 e. The molecule has 0 spiro atoms. The number of hydroxylamine groups is 2. The quantitative estimate of drug-likeness (QED) is 0.0474. The van der Waals surface area contributed by atoms with Gasteiger partial charge in [0.2, 0.25) is 12.8 Å². The van der Waals surface area contributed by atoms with E-state index in [1.165, 1.54) is 4.90 Å². The van der Waals surface area contributed by atoms with Gasteiger partial charge in [0.25, 0.3) is 5.91 Å². The number of nitrogens with zero attached hydrogens (tertiary/aromatic N) is 2. The Hall–Kier alpha value is -3.62. The molecule has 1 rings (SSSR count). The molecule has 0 radical (unpaired) electrons. The van der Waals surface area contributed by atoms with Crippen LogP contribution in [0.4, 0.5) is 0 Å². The van der Waals surface area contributed by atoms with Crippen LogP contribution in [0.2, 0.25) is 0 Å². The van der Waals surface area contributed by atoms with Gasteiger partial charge in [-0.05, 0) is 45.6 Å². The topological polar surface area (TPSA) is 112 Å². The van der Waals surface area contributed by atoms with E-state index in [1.54, 1.807) is 26.1 Å². The van der Waals surface area contributed by atoms with Crippen LogP contribution in [0.3, 0.4) is 0 Å². The third kappa shape index (κ3) is 24.7. The van der Waals surface area contributed by atoms with E-state index >= 15 is 0 Å². The first kappa shape index (κ1) is 41.5. The molecule has 0 saturated heterocycles. The average molecular weight is 603 g/mol. The zero-order valence-electron chi connectivity index (χ0n) is 26.5. The number of allylic oxidation sites excluding steroid dienone is 3. The molecule has 0 bridgehead atoms. The lowest BCUT2D eigenvalue weighted by atomic mass is 10.1. The summed E-state index contributed by atoms with van der Waals surface area (Å²) >= 11 is 0. The Kier molecular flexibility index (Phi) is 30.2. The molecule has 1 aromatic rings. The monoisotopic (exact) mass is 602 g/mol. The maximum atomic E-state index is 12.3. The number of aldehydes is 1. The molecule has 240 valence electrons. The summed E-state index contributed by atoms with van der Waals surface area (Å²) in [5.41, 5.74) is 2.33. The summed E-state index contributed by atoms with van der Waals surface area (Å²) in [4.78, 5) is 50.9. The third-order valence-corrected chi connectivity index (χ3v) is 5.28. The Morgan fingerprint density at radius 2 is 1.51 bits per heavy atom. The highest BCUT2D eigenvalue weighted by Crippen LogP contribution is 2.09. The molecule has 3 amide bonds. The van der Waals surface area contributed by atoms with E-state index in [1.807, 2.05) is 51.1 Å². The predicted molar refractivity (Wildman–Crippen MR) is 168 cm³/mol. The summed E-state index contributed by atoms with van der Waals surface area (Å²) in [7, 11) is 1.71. The second-order valence-corrected chi connectivity index (χ2v) is 8.93. The Morgan fingerprint density at radius 1 is 0.930 bits per heavy atom. The van der Waals surface area contributed by atoms with Gasteiger partial charge in [0, 0.05) is 51.2 Å². The fourth-order valence-corrected chi connectivity index (χ4v) is 3.03. The molecule has 43 heavy (non-hydrogen) atoms. The summed E-state index contributed by atoms with van der Waals surface area (Å²) in [6.07, 6.45) is 14.8. The van der Waals surface area contributed by atoms with Crippen LogP contribution in [0.25, 0.3) is 0 Å². The van der Waals surface area contributed by atoms with Crippen molar-refractivity contribution in [1.82, 2.24) is 9.96 Å². The summed E-state index contributed by atoms with van der Waals surface area (Å²) in [6, 6.07) is 7.51. The van der Waals surface area contributed by atoms with Crippen LogP contribution in [0.5, 0.6) is 0 Å². The van der Waals surface area contributed by atoms with Crippen molar-refractivity contribution in [2.24, 2.45) is 0 Å². The van der Waals surface area contributed by atoms with Crippen LogP contribution in [0.15, 0.2) is 48.1 Å². The minimum Gasteiger partial charge on any atom is -0.381 e. The highest BCUT2D eigenvalue weighted by molar-refractivity contribution is 5.98. The van der Waals surface area contributed by atoms with Crippen molar-refractivity contribution < 1.29 is 38.2 Å². The van der Waals surface area contributed by atoms with Gasteiger partial charge in [-0.25, -0.2) is 0 Å². The number of terminal acetylenes is 1. The first-order valence-electron chi connectivity index (χ1n) is 14.4. The maximum absolute atomic E-state index is 12.3. The van der Waals surface area contributed by atoms with E-state index in [2.05, 4.69) is 12.3 Å². The number of aryl methyl sites for hydroxylation is 1. The van der Waals surface area contributed by atoms with Crippen LogP contribution < -0.4 is 0 Å². The summed E-state index contributed by atoms with van der Waals surface area (Å²) < 4.78 is 16.3. The van der Waals surface area contributed by atoms with Crippen LogP contribution in [-0.4, -0.2) is 94.8 Å².